The van der Waals surface area contributed by atoms with E-state index in [1.165, 1.54) is 0 Å². The molecule has 0 fully saturated rings. The van der Waals surface area contributed by atoms with Gasteiger partial charge in [-0.3, -0.25) is 0 Å². The summed E-state index contributed by atoms with van der Waals surface area (Å²) in [5.41, 5.74) is 2.14. The molecule has 0 saturated carbocycles. The summed E-state index contributed by atoms with van der Waals surface area (Å²) in [4.78, 5) is 2.44. The minimum absolute atomic E-state index is 0.00245. The van der Waals surface area contributed by atoms with Gasteiger partial charge in [0, 0.05) is 6.54 Å². The van der Waals surface area contributed by atoms with Crippen LogP contribution in [0, 0.1) is 0 Å². The van der Waals surface area contributed by atoms with Gasteiger partial charge in [0.2, 0.25) is 0 Å². The van der Waals surface area contributed by atoms with Gasteiger partial charge in [-0.15, -0.1) is 0 Å². The highest BCUT2D eigenvalue weighted by Crippen LogP contribution is 2.34. The van der Waals surface area contributed by atoms with E-state index >= 15 is 0 Å². The van der Waals surface area contributed by atoms with E-state index in [9.17, 15) is 5.11 Å². The van der Waals surface area contributed by atoms with Crippen LogP contribution in [0.15, 0.2) is 18.2 Å². The van der Waals surface area contributed by atoms with Crippen molar-refractivity contribution < 1.29 is 9.84 Å². The van der Waals surface area contributed by atoms with Crippen molar-refractivity contribution in [1.82, 2.24) is 4.90 Å². The van der Waals surface area contributed by atoms with E-state index in [1.807, 2.05) is 12.1 Å². The molecule has 3 heteroatoms. The second kappa shape index (κ2) is 9.29. The first-order valence-corrected chi connectivity index (χ1v) is 8.92. The van der Waals surface area contributed by atoms with Crippen molar-refractivity contribution in [3.63, 3.8) is 0 Å². The summed E-state index contributed by atoms with van der Waals surface area (Å²) in [5, 5.41) is 10.6. The molecule has 1 aromatic rings. The second-order valence-electron chi connectivity index (χ2n) is 7.36. The Balaban J connectivity index is 2.81. The molecule has 1 unspecified atom stereocenters. The van der Waals surface area contributed by atoms with E-state index in [4.69, 9.17) is 4.74 Å². The standard InChI is InChI=1S/C20H35NO2/c1-7-12-21(13-8-2)14-11-18(22)16-9-10-19(23-6)17(15-16)20(3,4)5/h9-10,15,18,22H,7-8,11-14H2,1-6H3. The van der Waals surface area contributed by atoms with Crippen LogP contribution in [0.3, 0.4) is 0 Å². The Hall–Kier alpha value is -1.06. The fraction of sp³-hybridized carbons (Fsp3) is 0.700. The van der Waals surface area contributed by atoms with Crippen molar-refractivity contribution >= 4 is 0 Å². The smallest absolute Gasteiger partial charge is 0.122 e. The van der Waals surface area contributed by atoms with E-state index < -0.39 is 6.10 Å². The molecular formula is C20H35NO2. The van der Waals surface area contributed by atoms with Crippen LogP contribution in [0.4, 0.5) is 0 Å². The summed E-state index contributed by atoms with van der Waals surface area (Å²) in [6.45, 7) is 14.1. The van der Waals surface area contributed by atoms with E-state index in [-0.39, 0.29) is 5.41 Å². The summed E-state index contributed by atoms with van der Waals surface area (Å²) < 4.78 is 5.48. The van der Waals surface area contributed by atoms with E-state index in [0.29, 0.717) is 0 Å². The highest BCUT2D eigenvalue weighted by Gasteiger charge is 2.21. The lowest BCUT2D eigenvalue weighted by atomic mass is 9.84. The lowest BCUT2D eigenvalue weighted by Gasteiger charge is -2.25. The summed E-state index contributed by atoms with van der Waals surface area (Å²) >= 11 is 0. The first-order valence-electron chi connectivity index (χ1n) is 8.92. The van der Waals surface area contributed by atoms with Crippen LogP contribution in [0.25, 0.3) is 0 Å². The molecule has 1 aromatic carbocycles. The molecule has 23 heavy (non-hydrogen) atoms. The zero-order valence-corrected chi connectivity index (χ0v) is 15.9. The monoisotopic (exact) mass is 321 g/mol. The maximum atomic E-state index is 10.6. The number of nitrogens with zero attached hydrogens (tertiary/aromatic N) is 1. The minimum Gasteiger partial charge on any atom is -0.496 e. The molecule has 132 valence electrons. The van der Waals surface area contributed by atoms with Gasteiger partial charge in [0.1, 0.15) is 5.75 Å². The van der Waals surface area contributed by atoms with Crippen LogP contribution in [0.1, 0.15) is 71.1 Å². The zero-order chi connectivity index (χ0) is 17.5. The van der Waals surface area contributed by atoms with Gasteiger partial charge >= 0.3 is 0 Å². The SMILES string of the molecule is CCCN(CCC)CCC(O)c1ccc(OC)c(C(C)(C)C)c1. The van der Waals surface area contributed by atoms with Crippen molar-refractivity contribution in [1.29, 1.82) is 0 Å². The Kier molecular flexibility index (Phi) is 8.07. The van der Waals surface area contributed by atoms with Crippen molar-refractivity contribution in [2.45, 2.75) is 65.4 Å². The Morgan fingerprint density at radius 1 is 1.09 bits per heavy atom. The number of hydrogen-bond acceptors (Lipinski definition) is 3. The fourth-order valence-corrected chi connectivity index (χ4v) is 2.96. The topological polar surface area (TPSA) is 32.7 Å². The van der Waals surface area contributed by atoms with Crippen LogP contribution >= 0.6 is 0 Å². The molecule has 0 radical (unpaired) electrons. The number of aliphatic hydroxyl groups is 1. The van der Waals surface area contributed by atoms with Gasteiger partial charge in [0.15, 0.2) is 0 Å². The summed E-state index contributed by atoms with van der Waals surface area (Å²) in [5.74, 6) is 0.895. The summed E-state index contributed by atoms with van der Waals surface area (Å²) in [6, 6.07) is 6.07. The lowest BCUT2D eigenvalue weighted by molar-refractivity contribution is 0.141. The number of benzene rings is 1. The predicted octanol–water partition coefficient (Wildman–Crippen LogP) is 4.54. The van der Waals surface area contributed by atoms with Crippen molar-refractivity contribution in [3.05, 3.63) is 29.3 Å². The van der Waals surface area contributed by atoms with E-state index in [0.717, 1.165) is 55.8 Å². The Bertz CT molecular complexity index is 459. The van der Waals surface area contributed by atoms with Gasteiger partial charge in [0.25, 0.3) is 0 Å². The van der Waals surface area contributed by atoms with E-state index in [2.05, 4.69) is 45.6 Å². The molecule has 0 saturated heterocycles. The maximum Gasteiger partial charge on any atom is 0.122 e. The molecule has 0 aliphatic carbocycles. The third-order valence-corrected chi connectivity index (χ3v) is 4.21. The predicted molar refractivity (Wildman–Crippen MR) is 98.3 cm³/mol. The normalized spacial score (nSPS) is 13.4. The molecule has 0 aliphatic heterocycles. The molecule has 3 nitrogen and oxygen atoms in total. The average molecular weight is 322 g/mol. The van der Waals surface area contributed by atoms with Gasteiger partial charge in [-0.1, -0.05) is 40.7 Å². The maximum absolute atomic E-state index is 10.6. The molecule has 1 atom stereocenters. The Morgan fingerprint density at radius 3 is 2.17 bits per heavy atom. The minimum atomic E-state index is -0.418. The molecule has 0 amide bonds. The van der Waals surface area contributed by atoms with Gasteiger partial charge in [-0.05, 0) is 61.0 Å². The quantitative estimate of drug-likeness (QED) is 0.725. The largest absolute Gasteiger partial charge is 0.496 e. The second-order valence-corrected chi connectivity index (χ2v) is 7.36. The van der Waals surface area contributed by atoms with Gasteiger partial charge in [0.05, 0.1) is 13.2 Å². The van der Waals surface area contributed by atoms with Crippen LogP contribution in [-0.2, 0) is 5.41 Å². The van der Waals surface area contributed by atoms with Crippen LogP contribution in [-0.4, -0.2) is 36.8 Å². The molecule has 0 heterocycles. The Labute approximate surface area is 142 Å². The van der Waals surface area contributed by atoms with Gasteiger partial charge in [-0.25, -0.2) is 0 Å². The third-order valence-electron chi connectivity index (χ3n) is 4.21. The molecule has 0 aromatic heterocycles. The summed E-state index contributed by atoms with van der Waals surface area (Å²) in [7, 11) is 1.70. The van der Waals surface area contributed by atoms with E-state index in [1.54, 1.807) is 7.11 Å². The summed E-state index contributed by atoms with van der Waals surface area (Å²) in [6.07, 6.45) is 2.67. The number of hydrogen-bond donors (Lipinski definition) is 1. The molecule has 0 aliphatic rings. The van der Waals surface area contributed by atoms with Crippen LogP contribution in [0.2, 0.25) is 0 Å². The first kappa shape index (κ1) is 20.0. The van der Waals surface area contributed by atoms with Crippen molar-refractivity contribution in [2.75, 3.05) is 26.7 Å². The van der Waals surface area contributed by atoms with Gasteiger partial charge < -0.3 is 14.7 Å². The number of aliphatic hydroxyl groups excluding tert-OH is 1. The lowest BCUT2D eigenvalue weighted by Crippen LogP contribution is -2.27. The van der Waals surface area contributed by atoms with Crippen molar-refractivity contribution in [2.24, 2.45) is 0 Å². The third kappa shape index (κ3) is 6.15. The first-order chi connectivity index (χ1) is 10.8. The molecule has 1 rings (SSSR count). The molecule has 1 N–H and O–H groups in total. The fourth-order valence-electron chi connectivity index (χ4n) is 2.96. The van der Waals surface area contributed by atoms with Gasteiger partial charge in [-0.2, -0.15) is 0 Å². The highest BCUT2D eigenvalue weighted by atomic mass is 16.5. The average Bonchev–Trinajstić information content (AvgIpc) is 2.51. The molecular weight excluding hydrogens is 286 g/mol. The van der Waals surface area contributed by atoms with Crippen LogP contribution in [0.5, 0.6) is 5.75 Å². The van der Waals surface area contributed by atoms with Crippen LogP contribution < -0.4 is 4.74 Å². The highest BCUT2D eigenvalue weighted by molar-refractivity contribution is 5.42. The number of rotatable bonds is 9. The molecule has 0 bridgehead atoms. The Morgan fingerprint density at radius 2 is 1.70 bits per heavy atom. The number of methoxy groups -OCH3 is 1. The zero-order valence-electron chi connectivity index (χ0n) is 15.9. The number of ether oxygens (including phenoxy) is 1. The van der Waals surface area contributed by atoms with Crippen molar-refractivity contribution in [3.8, 4) is 5.75 Å². The molecule has 0 spiro atoms.